The van der Waals surface area contributed by atoms with Gasteiger partial charge in [0.1, 0.15) is 17.4 Å². The van der Waals surface area contributed by atoms with Crippen LogP contribution in [0.2, 0.25) is 0 Å². The number of amides is 1. The maximum Gasteiger partial charge on any atom is 0.344 e. The molecule has 0 fully saturated rings. The second kappa shape index (κ2) is 10.6. The standard InChI is InChI=1S/C27H16BrN3O5/c28-20-11-12-25(36-27(33)24-10-3-6-17-5-1-2-9-23(17)24)18(14-20)13-19(16-29)26(32)30-21-7-4-8-22(15-21)31(34)35/h1-15H,(H,30,32)/b19-13+. The highest BCUT2D eigenvalue weighted by atomic mass is 79.9. The molecule has 4 rings (SSSR count). The second-order valence-corrected chi connectivity index (χ2v) is 8.45. The molecule has 4 aromatic carbocycles. The van der Waals surface area contributed by atoms with Gasteiger partial charge in [0.2, 0.25) is 0 Å². The molecule has 0 saturated heterocycles. The van der Waals surface area contributed by atoms with Gasteiger partial charge in [-0.1, -0.05) is 58.4 Å². The number of hydrogen-bond donors (Lipinski definition) is 1. The predicted molar refractivity (Wildman–Crippen MR) is 138 cm³/mol. The molecule has 1 N–H and O–H groups in total. The Morgan fingerprint density at radius 1 is 1.00 bits per heavy atom. The smallest absolute Gasteiger partial charge is 0.344 e. The van der Waals surface area contributed by atoms with Gasteiger partial charge < -0.3 is 10.1 Å². The Morgan fingerprint density at radius 3 is 2.53 bits per heavy atom. The monoisotopic (exact) mass is 541 g/mol. The molecule has 0 spiro atoms. The zero-order valence-electron chi connectivity index (χ0n) is 18.5. The van der Waals surface area contributed by atoms with Gasteiger partial charge >= 0.3 is 5.97 Å². The summed E-state index contributed by atoms with van der Waals surface area (Å²) in [7, 11) is 0. The van der Waals surface area contributed by atoms with Gasteiger partial charge in [0.15, 0.2) is 0 Å². The van der Waals surface area contributed by atoms with Crippen molar-refractivity contribution in [3.8, 4) is 11.8 Å². The third kappa shape index (κ3) is 5.46. The number of carbonyl (C=O) groups excluding carboxylic acids is 2. The lowest BCUT2D eigenvalue weighted by molar-refractivity contribution is -0.384. The highest BCUT2D eigenvalue weighted by molar-refractivity contribution is 9.10. The van der Waals surface area contributed by atoms with Crippen molar-refractivity contribution in [1.29, 1.82) is 5.26 Å². The number of nitro groups is 1. The molecule has 0 aliphatic carbocycles. The molecular formula is C27H16BrN3O5. The third-order valence-corrected chi connectivity index (χ3v) is 5.66. The Labute approximate surface area is 213 Å². The van der Waals surface area contributed by atoms with E-state index in [4.69, 9.17) is 4.74 Å². The van der Waals surface area contributed by atoms with Gasteiger partial charge in [0.05, 0.1) is 10.5 Å². The third-order valence-electron chi connectivity index (χ3n) is 5.16. The first kappa shape index (κ1) is 24.3. The predicted octanol–water partition coefficient (Wildman–Crippen LogP) is 6.28. The summed E-state index contributed by atoms with van der Waals surface area (Å²) in [5.74, 6) is -1.22. The molecule has 1 amide bonds. The van der Waals surface area contributed by atoms with E-state index in [0.717, 1.165) is 10.8 Å². The fourth-order valence-corrected chi connectivity index (χ4v) is 3.86. The lowest BCUT2D eigenvalue weighted by atomic mass is 10.0. The minimum Gasteiger partial charge on any atom is -0.422 e. The van der Waals surface area contributed by atoms with Gasteiger partial charge in [-0.25, -0.2) is 4.79 Å². The molecule has 0 radical (unpaired) electrons. The van der Waals surface area contributed by atoms with Crippen LogP contribution in [0.3, 0.4) is 0 Å². The van der Waals surface area contributed by atoms with Gasteiger partial charge in [-0.05, 0) is 47.2 Å². The Balaban J connectivity index is 1.63. The van der Waals surface area contributed by atoms with Gasteiger partial charge in [-0.2, -0.15) is 5.26 Å². The zero-order valence-corrected chi connectivity index (χ0v) is 20.1. The molecule has 176 valence electrons. The Kier molecular flexibility index (Phi) is 7.18. The highest BCUT2D eigenvalue weighted by Gasteiger charge is 2.17. The van der Waals surface area contributed by atoms with Crippen molar-refractivity contribution in [2.45, 2.75) is 0 Å². The molecule has 0 atom stereocenters. The first-order chi connectivity index (χ1) is 17.4. The summed E-state index contributed by atoms with van der Waals surface area (Å²) < 4.78 is 6.29. The number of fused-ring (bicyclic) bond motifs is 1. The van der Waals surface area contributed by atoms with E-state index in [9.17, 15) is 25.0 Å². The SMILES string of the molecule is N#C/C(=C\c1cc(Br)ccc1OC(=O)c1cccc2ccccc12)C(=O)Nc1cccc([N+](=O)[O-])c1. The minimum absolute atomic E-state index is 0.145. The summed E-state index contributed by atoms with van der Waals surface area (Å²) in [5, 5.41) is 24.7. The number of ether oxygens (including phenoxy) is 1. The van der Waals surface area contributed by atoms with Crippen molar-refractivity contribution in [3.05, 3.63) is 116 Å². The minimum atomic E-state index is -0.774. The number of halogens is 1. The number of anilines is 1. The summed E-state index contributed by atoms with van der Waals surface area (Å²) in [5.41, 5.74) is 0.345. The van der Waals surface area contributed by atoms with Crippen LogP contribution in [0.15, 0.2) is 95.0 Å². The van der Waals surface area contributed by atoms with Crippen LogP contribution in [0.25, 0.3) is 16.8 Å². The van der Waals surface area contributed by atoms with Crippen LogP contribution >= 0.6 is 15.9 Å². The van der Waals surface area contributed by atoms with E-state index in [1.54, 1.807) is 30.3 Å². The second-order valence-electron chi connectivity index (χ2n) is 7.53. The molecule has 8 nitrogen and oxygen atoms in total. The van der Waals surface area contributed by atoms with Crippen LogP contribution in [-0.2, 0) is 4.79 Å². The topological polar surface area (TPSA) is 122 Å². The van der Waals surface area contributed by atoms with Gasteiger partial charge in [0.25, 0.3) is 11.6 Å². The van der Waals surface area contributed by atoms with Crippen molar-refractivity contribution in [2.24, 2.45) is 0 Å². The van der Waals surface area contributed by atoms with E-state index in [-0.39, 0.29) is 22.7 Å². The van der Waals surface area contributed by atoms with Crippen molar-refractivity contribution < 1.29 is 19.2 Å². The first-order valence-corrected chi connectivity index (χ1v) is 11.3. The number of rotatable bonds is 6. The van der Waals surface area contributed by atoms with Gasteiger partial charge in [-0.3, -0.25) is 14.9 Å². The normalized spacial score (nSPS) is 10.9. The molecule has 0 bridgehead atoms. The number of esters is 1. The van der Waals surface area contributed by atoms with E-state index >= 15 is 0 Å². The summed E-state index contributed by atoms with van der Waals surface area (Å²) in [6.07, 6.45) is 1.28. The quantitative estimate of drug-likeness (QED) is 0.0765. The zero-order chi connectivity index (χ0) is 25.7. The average Bonchev–Trinajstić information content (AvgIpc) is 2.88. The number of nitrogens with one attached hydrogen (secondary N) is 1. The van der Waals surface area contributed by atoms with Crippen LogP contribution in [0.1, 0.15) is 15.9 Å². The van der Waals surface area contributed by atoms with Crippen LogP contribution in [0.4, 0.5) is 11.4 Å². The van der Waals surface area contributed by atoms with Crippen LogP contribution in [-0.4, -0.2) is 16.8 Å². The van der Waals surface area contributed by atoms with Crippen molar-refractivity contribution in [3.63, 3.8) is 0 Å². The fraction of sp³-hybridized carbons (Fsp3) is 0. The Bertz CT molecular complexity index is 1580. The van der Waals surface area contributed by atoms with Gasteiger partial charge in [-0.15, -0.1) is 0 Å². The summed E-state index contributed by atoms with van der Waals surface area (Å²) >= 11 is 3.35. The molecule has 0 aliphatic rings. The van der Waals surface area contributed by atoms with Crippen molar-refractivity contribution in [1.82, 2.24) is 0 Å². The molecule has 0 unspecified atom stereocenters. The number of carbonyl (C=O) groups is 2. The molecule has 0 saturated carbocycles. The molecule has 4 aromatic rings. The lowest BCUT2D eigenvalue weighted by Gasteiger charge is -2.11. The largest absolute Gasteiger partial charge is 0.422 e. The lowest BCUT2D eigenvalue weighted by Crippen LogP contribution is -2.14. The molecule has 0 aromatic heterocycles. The average molecular weight is 542 g/mol. The number of benzene rings is 4. The summed E-state index contributed by atoms with van der Waals surface area (Å²) in [4.78, 5) is 36.2. The van der Waals surface area contributed by atoms with E-state index in [1.807, 2.05) is 36.4 Å². The van der Waals surface area contributed by atoms with E-state index in [1.165, 1.54) is 30.3 Å². The summed E-state index contributed by atoms with van der Waals surface area (Å²) in [6, 6.07) is 24.7. The summed E-state index contributed by atoms with van der Waals surface area (Å²) in [6.45, 7) is 0. The molecule has 0 aliphatic heterocycles. The maximum atomic E-state index is 13.0. The Morgan fingerprint density at radius 2 is 1.75 bits per heavy atom. The molecule has 9 heteroatoms. The number of nitriles is 1. The highest BCUT2D eigenvalue weighted by Crippen LogP contribution is 2.28. The van der Waals surface area contributed by atoms with Crippen LogP contribution in [0, 0.1) is 21.4 Å². The van der Waals surface area contributed by atoms with Crippen LogP contribution < -0.4 is 10.1 Å². The van der Waals surface area contributed by atoms with E-state index in [0.29, 0.717) is 15.6 Å². The van der Waals surface area contributed by atoms with E-state index < -0.39 is 16.8 Å². The van der Waals surface area contributed by atoms with Crippen LogP contribution in [0.5, 0.6) is 5.75 Å². The number of nitrogens with zero attached hydrogens (tertiary/aromatic N) is 2. The number of non-ortho nitro benzene ring substituents is 1. The molecule has 0 heterocycles. The van der Waals surface area contributed by atoms with Gasteiger partial charge in [0, 0.05) is 27.9 Å². The van der Waals surface area contributed by atoms with Crippen molar-refractivity contribution in [2.75, 3.05) is 5.32 Å². The van der Waals surface area contributed by atoms with Crippen molar-refractivity contribution >= 4 is 56.0 Å². The fourth-order valence-electron chi connectivity index (χ4n) is 3.48. The molecule has 36 heavy (non-hydrogen) atoms. The Hall–Kier alpha value is -4.81. The number of hydrogen-bond acceptors (Lipinski definition) is 6. The van der Waals surface area contributed by atoms with E-state index in [2.05, 4.69) is 21.2 Å². The number of nitro benzene ring substituents is 1. The first-order valence-electron chi connectivity index (χ1n) is 10.5. The maximum absolute atomic E-state index is 13.0. The molecular weight excluding hydrogens is 526 g/mol.